The van der Waals surface area contributed by atoms with E-state index in [2.05, 4.69) is 0 Å². The number of hydrogen-bond donors (Lipinski definition) is 0. The summed E-state index contributed by atoms with van der Waals surface area (Å²) in [6.45, 7) is 2.23. The molecule has 2 saturated carbocycles. The maximum absolute atomic E-state index is 11.7. The monoisotopic (exact) mass is 268 g/mol. The van der Waals surface area contributed by atoms with Gasteiger partial charge >= 0.3 is 6.16 Å². The van der Waals surface area contributed by atoms with E-state index < -0.39 is 6.16 Å². The molecule has 0 N–H and O–H groups in total. The van der Waals surface area contributed by atoms with Crippen molar-refractivity contribution in [1.82, 2.24) is 0 Å². The molecule has 3 nitrogen and oxygen atoms in total. The lowest BCUT2D eigenvalue weighted by Gasteiger charge is -2.36. The molecule has 3 heteroatoms. The minimum Gasteiger partial charge on any atom is -0.435 e. The Morgan fingerprint density at radius 1 is 0.947 bits per heavy atom. The maximum atomic E-state index is 11.7. The summed E-state index contributed by atoms with van der Waals surface area (Å²) in [6, 6.07) is 0. The molecule has 0 spiro atoms. The lowest BCUT2D eigenvalue weighted by molar-refractivity contribution is -0.0367. The van der Waals surface area contributed by atoms with E-state index in [0.717, 1.165) is 0 Å². The highest BCUT2D eigenvalue weighted by atomic mass is 16.7. The zero-order valence-electron chi connectivity index (χ0n) is 12.2. The van der Waals surface area contributed by atoms with Crippen LogP contribution in [0.1, 0.15) is 71.1 Å². The minimum atomic E-state index is -0.455. The second kappa shape index (κ2) is 7.76. The van der Waals surface area contributed by atoms with Gasteiger partial charge in [-0.05, 0) is 44.4 Å². The quantitative estimate of drug-likeness (QED) is 0.694. The molecule has 2 fully saturated rings. The van der Waals surface area contributed by atoms with Gasteiger partial charge in [-0.2, -0.15) is 0 Å². The van der Waals surface area contributed by atoms with E-state index in [1.165, 1.54) is 64.2 Å². The van der Waals surface area contributed by atoms with E-state index in [4.69, 9.17) is 9.47 Å². The van der Waals surface area contributed by atoms with Gasteiger partial charge in [-0.25, -0.2) is 4.79 Å². The molecule has 0 bridgehead atoms. The van der Waals surface area contributed by atoms with Crippen LogP contribution >= 0.6 is 0 Å². The summed E-state index contributed by atoms with van der Waals surface area (Å²) >= 11 is 0. The van der Waals surface area contributed by atoms with Gasteiger partial charge in [-0.3, -0.25) is 0 Å². The van der Waals surface area contributed by atoms with E-state index >= 15 is 0 Å². The van der Waals surface area contributed by atoms with Crippen LogP contribution in [-0.2, 0) is 9.47 Å². The summed E-state index contributed by atoms with van der Waals surface area (Å²) in [6.07, 6.45) is 12.4. The van der Waals surface area contributed by atoms with Gasteiger partial charge in [-0.1, -0.05) is 38.5 Å². The maximum Gasteiger partial charge on any atom is 0.508 e. The third kappa shape index (κ3) is 4.39. The summed E-state index contributed by atoms with van der Waals surface area (Å²) in [5, 5.41) is 0. The minimum absolute atomic E-state index is 0.111. The molecular formula is C16H28O3. The Morgan fingerprint density at radius 2 is 1.42 bits per heavy atom. The molecule has 0 saturated heterocycles. The van der Waals surface area contributed by atoms with Crippen LogP contribution in [0, 0.1) is 11.8 Å². The first-order chi connectivity index (χ1) is 9.31. The van der Waals surface area contributed by atoms with Crippen molar-refractivity contribution < 1.29 is 14.3 Å². The molecular weight excluding hydrogens is 240 g/mol. The van der Waals surface area contributed by atoms with Gasteiger partial charge in [0.2, 0.25) is 0 Å². The van der Waals surface area contributed by atoms with Crippen molar-refractivity contribution in [3.05, 3.63) is 0 Å². The number of carbonyl (C=O) groups is 1. The van der Waals surface area contributed by atoms with Crippen LogP contribution < -0.4 is 0 Å². The third-order valence-electron chi connectivity index (χ3n) is 4.72. The van der Waals surface area contributed by atoms with Crippen molar-refractivity contribution in [3.63, 3.8) is 0 Å². The molecule has 110 valence electrons. The lowest BCUT2D eigenvalue weighted by atomic mass is 9.75. The van der Waals surface area contributed by atoms with Gasteiger partial charge in [-0.15, -0.1) is 0 Å². The van der Waals surface area contributed by atoms with E-state index in [1.807, 2.05) is 6.92 Å². The van der Waals surface area contributed by atoms with Gasteiger partial charge in [0, 0.05) is 0 Å². The molecule has 0 unspecified atom stereocenters. The van der Waals surface area contributed by atoms with Gasteiger partial charge in [0.1, 0.15) is 6.10 Å². The molecule has 0 amide bonds. The standard InChI is InChI=1S/C16H28O3/c1-2-18-16(17)19-15(13-9-5-3-6-10-13)14-11-7-4-8-12-14/h13-15H,2-12H2,1H3. The highest BCUT2D eigenvalue weighted by Gasteiger charge is 2.34. The second-order valence-corrected chi connectivity index (χ2v) is 6.06. The van der Waals surface area contributed by atoms with Gasteiger partial charge in [0.15, 0.2) is 0 Å². The second-order valence-electron chi connectivity index (χ2n) is 6.06. The molecule has 2 rings (SSSR count). The van der Waals surface area contributed by atoms with Crippen molar-refractivity contribution in [3.8, 4) is 0 Å². The molecule has 2 aliphatic carbocycles. The molecule has 0 aromatic rings. The van der Waals surface area contributed by atoms with E-state index in [9.17, 15) is 4.79 Å². The Balaban J connectivity index is 1.96. The zero-order valence-corrected chi connectivity index (χ0v) is 12.2. The fourth-order valence-electron chi connectivity index (χ4n) is 3.77. The predicted molar refractivity (Wildman–Crippen MR) is 75.0 cm³/mol. The highest BCUT2D eigenvalue weighted by molar-refractivity contribution is 5.60. The molecule has 0 aromatic heterocycles. The van der Waals surface area contributed by atoms with Crippen LogP contribution in [0.5, 0.6) is 0 Å². The molecule has 0 aromatic carbocycles. The normalized spacial score (nSPS) is 22.4. The van der Waals surface area contributed by atoms with Gasteiger partial charge in [0.05, 0.1) is 6.61 Å². The number of ether oxygens (including phenoxy) is 2. The summed E-state index contributed by atoms with van der Waals surface area (Å²) in [7, 11) is 0. The Hall–Kier alpha value is -0.730. The van der Waals surface area contributed by atoms with Crippen molar-refractivity contribution in [2.45, 2.75) is 77.2 Å². The number of rotatable bonds is 4. The predicted octanol–water partition coefficient (Wildman–Crippen LogP) is 4.69. The smallest absolute Gasteiger partial charge is 0.435 e. The topological polar surface area (TPSA) is 35.5 Å². The average molecular weight is 268 g/mol. The van der Waals surface area contributed by atoms with E-state index in [-0.39, 0.29) is 6.10 Å². The first-order valence-electron chi connectivity index (χ1n) is 8.14. The third-order valence-corrected chi connectivity index (χ3v) is 4.72. The van der Waals surface area contributed by atoms with Crippen LogP contribution in [0.15, 0.2) is 0 Å². The van der Waals surface area contributed by atoms with Crippen LogP contribution in [0.25, 0.3) is 0 Å². The van der Waals surface area contributed by atoms with Crippen LogP contribution in [0.4, 0.5) is 4.79 Å². The average Bonchev–Trinajstić information content (AvgIpc) is 2.47. The highest BCUT2D eigenvalue weighted by Crippen LogP contribution is 2.37. The number of carbonyl (C=O) groups excluding carboxylic acids is 1. The molecule has 19 heavy (non-hydrogen) atoms. The Labute approximate surface area is 117 Å². The Bertz CT molecular complexity index is 247. The molecule has 0 atom stereocenters. The molecule has 0 heterocycles. The number of hydrogen-bond acceptors (Lipinski definition) is 3. The van der Waals surface area contributed by atoms with Gasteiger partial charge in [0.25, 0.3) is 0 Å². The van der Waals surface area contributed by atoms with Crippen LogP contribution in [0.2, 0.25) is 0 Å². The lowest BCUT2D eigenvalue weighted by Crippen LogP contribution is -2.36. The molecule has 2 aliphatic rings. The summed E-state index contributed by atoms with van der Waals surface area (Å²) in [5.41, 5.74) is 0. The Kier molecular flexibility index (Phi) is 5.99. The molecule has 0 aliphatic heterocycles. The van der Waals surface area contributed by atoms with E-state index in [1.54, 1.807) is 0 Å². The zero-order chi connectivity index (χ0) is 13.5. The van der Waals surface area contributed by atoms with Crippen molar-refractivity contribution in [2.75, 3.05) is 6.61 Å². The van der Waals surface area contributed by atoms with Crippen molar-refractivity contribution >= 4 is 6.16 Å². The Morgan fingerprint density at radius 3 is 1.84 bits per heavy atom. The summed E-state index contributed by atoms with van der Waals surface area (Å²) in [4.78, 5) is 11.7. The largest absolute Gasteiger partial charge is 0.508 e. The van der Waals surface area contributed by atoms with Crippen molar-refractivity contribution in [2.24, 2.45) is 11.8 Å². The fraction of sp³-hybridized carbons (Fsp3) is 0.938. The summed E-state index contributed by atoms with van der Waals surface area (Å²) in [5.74, 6) is 1.14. The van der Waals surface area contributed by atoms with Gasteiger partial charge < -0.3 is 9.47 Å². The first-order valence-corrected chi connectivity index (χ1v) is 8.14. The first kappa shape index (κ1) is 14.7. The molecule has 0 radical (unpaired) electrons. The summed E-state index contributed by atoms with van der Waals surface area (Å²) < 4.78 is 10.7. The van der Waals surface area contributed by atoms with E-state index in [0.29, 0.717) is 18.4 Å². The van der Waals surface area contributed by atoms with Crippen LogP contribution in [-0.4, -0.2) is 18.9 Å². The fourth-order valence-corrected chi connectivity index (χ4v) is 3.77. The van der Waals surface area contributed by atoms with Crippen LogP contribution in [0.3, 0.4) is 0 Å². The van der Waals surface area contributed by atoms with Crippen molar-refractivity contribution in [1.29, 1.82) is 0 Å². The SMILES string of the molecule is CCOC(=O)OC(C1CCCCC1)C1CCCCC1.